The molecule has 0 aliphatic rings. The molecule has 1 N–H and O–H groups in total. The molecule has 0 bridgehead atoms. The van der Waals surface area contributed by atoms with Crippen LogP contribution < -0.4 is 10.2 Å². The molecule has 3 unspecified atom stereocenters. The molecule has 0 rings (SSSR count). The number of likely N-dealkylation sites (N-methyl/N-ethyl adjacent to an activating group) is 1. The van der Waals surface area contributed by atoms with Gasteiger partial charge in [-0.2, -0.15) is 0 Å². The highest BCUT2D eigenvalue weighted by Crippen LogP contribution is 2.38. The molecule has 1 amide bonds. The van der Waals surface area contributed by atoms with E-state index in [2.05, 4.69) is 123 Å². The van der Waals surface area contributed by atoms with Gasteiger partial charge in [0.25, 0.3) is 7.82 Å². The Kier molecular flexibility index (Phi) is 55.4. The van der Waals surface area contributed by atoms with Crippen molar-refractivity contribution in [2.45, 2.75) is 277 Å². The number of nitrogens with one attached hydrogen (secondary N) is 1. The second kappa shape index (κ2) is 57.9. The van der Waals surface area contributed by atoms with Crippen LogP contribution in [-0.4, -0.2) is 69.4 Å². The number of allylic oxidation sites excluding steroid dienone is 17. The lowest BCUT2D eigenvalue weighted by Gasteiger charge is -2.30. The van der Waals surface area contributed by atoms with Gasteiger partial charge in [0.05, 0.1) is 33.8 Å². The predicted octanol–water partition coefficient (Wildman–Crippen LogP) is 19.5. The van der Waals surface area contributed by atoms with Gasteiger partial charge in [0.2, 0.25) is 5.91 Å². The first-order chi connectivity index (χ1) is 38.4. The maximum atomic E-state index is 13.5. The van der Waals surface area contributed by atoms with Gasteiger partial charge in [0.1, 0.15) is 19.3 Å². The fourth-order valence-electron chi connectivity index (χ4n) is 8.73. The van der Waals surface area contributed by atoms with Crippen molar-refractivity contribution in [1.29, 1.82) is 0 Å². The molecule has 0 heterocycles. The van der Waals surface area contributed by atoms with Crippen LogP contribution in [0.4, 0.5) is 0 Å². The van der Waals surface area contributed by atoms with Crippen molar-refractivity contribution in [3.63, 3.8) is 0 Å². The van der Waals surface area contributed by atoms with Crippen LogP contribution in [0.3, 0.4) is 0 Å². The van der Waals surface area contributed by atoms with Gasteiger partial charge in [0.15, 0.2) is 0 Å². The van der Waals surface area contributed by atoms with Crippen LogP contribution in [-0.2, 0) is 27.9 Å². The van der Waals surface area contributed by atoms with Crippen LogP contribution in [0.2, 0.25) is 0 Å². The van der Waals surface area contributed by atoms with E-state index in [1.54, 1.807) is 0 Å². The van der Waals surface area contributed by atoms with Crippen molar-refractivity contribution >= 4 is 19.7 Å². The minimum atomic E-state index is -4.71. The van der Waals surface area contributed by atoms with E-state index in [0.29, 0.717) is 23.9 Å². The van der Waals surface area contributed by atoms with Crippen molar-refractivity contribution in [2.75, 3.05) is 40.9 Å². The largest absolute Gasteiger partial charge is 0.756 e. The SMILES string of the molecule is CC/C=C\C/C=C\C/C=C\C/C=C\C/C=C\CCCCCCCCCC(=O)OC(/C=C/CCCCCCCCCCC)C(COP(=O)([O-])OCC[N+](C)(C)C)NC(=O)CCCCCCCC/C=C\C/C=C\C/C=C\CCCCC. The molecule has 9 nitrogen and oxygen atoms in total. The van der Waals surface area contributed by atoms with Crippen LogP contribution in [0.15, 0.2) is 109 Å². The van der Waals surface area contributed by atoms with E-state index in [1.807, 2.05) is 33.3 Å². The van der Waals surface area contributed by atoms with Crippen molar-refractivity contribution in [3.05, 3.63) is 109 Å². The van der Waals surface area contributed by atoms with Crippen LogP contribution in [0.25, 0.3) is 0 Å². The molecule has 0 aliphatic heterocycles. The number of esters is 1. The number of amides is 1. The van der Waals surface area contributed by atoms with Gasteiger partial charge in [-0.05, 0) is 115 Å². The van der Waals surface area contributed by atoms with E-state index >= 15 is 0 Å². The van der Waals surface area contributed by atoms with Crippen LogP contribution in [0.1, 0.15) is 265 Å². The summed E-state index contributed by atoms with van der Waals surface area (Å²) in [5.41, 5.74) is 0. The minimum Gasteiger partial charge on any atom is -0.756 e. The van der Waals surface area contributed by atoms with E-state index in [1.165, 1.54) is 89.9 Å². The zero-order chi connectivity index (χ0) is 57.9. The summed E-state index contributed by atoms with van der Waals surface area (Å²) in [5, 5.41) is 3.02. The fraction of sp³-hybridized carbons (Fsp3) is 0.710. The van der Waals surface area contributed by atoms with Crippen LogP contribution in [0.5, 0.6) is 0 Å². The van der Waals surface area contributed by atoms with Crippen molar-refractivity contribution in [3.8, 4) is 0 Å². The second-order valence-corrected chi connectivity index (χ2v) is 23.9. The topological polar surface area (TPSA) is 114 Å². The number of phosphoric acid groups is 1. The molecular weight excluding hydrogens is 1000 g/mol. The molecule has 0 fully saturated rings. The molecule has 0 aromatic carbocycles. The average molecular weight is 1120 g/mol. The second-order valence-electron chi connectivity index (χ2n) is 22.5. The van der Waals surface area contributed by atoms with E-state index in [4.69, 9.17) is 13.8 Å². The number of phosphoric ester groups is 1. The first-order valence-electron chi connectivity index (χ1n) is 32.2. The first-order valence-corrected chi connectivity index (χ1v) is 33.7. The standard InChI is InChI=1S/C69H121N2O7P/c1-7-10-13-16-19-22-25-27-29-31-33-34-35-36-38-40-42-44-47-50-53-56-59-62-69(73)78-67(60-57-54-51-48-45-24-21-18-15-12-9-3)66(65-77-79(74,75)76-64-63-71(4,5)6)70-68(72)61-58-55-52-49-46-43-41-39-37-32-30-28-26-23-20-17-14-11-8-2/h10,13,19-20,22-23,27-30,33-34,36-39,57,60,66-67H,7-9,11-12,14-18,21,24-26,31-32,35,40-56,58-59,61-65H2,1-6H3,(H-,70,72,74,75)/b13-10-,22-19-,23-20-,29-27-,30-28-,34-33-,38-36-,39-37-,60-57+. The maximum absolute atomic E-state index is 13.5. The predicted molar refractivity (Wildman–Crippen MR) is 339 cm³/mol. The van der Waals surface area contributed by atoms with E-state index in [0.717, 1.165) is 135 Å². The molecule has 0 saturated heterocycles. The lowest BCUT2D eigenvalue weighted by molar-refractivity contribution is -0.870. The Balaban J connectivity index is 5.22. The quantitative estimate of drug-likeness (QED) is 0.0212. The number of ether oxygens (including phenoxy) is 1. The lowest BCUT2D eigenvalue weighted by Crippen LogP contribution is -2.47. The zero-order valence-electron chi connectivity index (χ0n) is 51.8. The maximum Gasteiger partial charge on any atom is 0.306 e. The summed E-state index contributed by atoms with van der Waals surface area (Å²) in [6.07, 6.45) is 79.1. The number of nitrogens with zero attached hydrogens (tertiary/aromatic N) is 1. The molecule has 79 heavy (non-hydrogen) atoms. The third-order valence-corrected chi connectivity index (χ3v) is 14.7. The summed E-state index contributed by atoms with van der Waals surface area (Å²) < 4.78 is 30.3. The monoisotopic (exact) mass is 1120 g/mol. The van der Waals surface area contributed by atoms with Gasteiger partial charge in [-0.1, -0.05) is 246 Å². The van der Waals surface area contributed by atoms with Gasteiger partial charge >= 0.3 is 5.97 Å². The normalized spacial score (nSPS) is 14.4. The molecule has 0 aromatic heterocycles. The van der Waals surface area contributed by atoms with E-state index in [-0.39, 0.29) is 24.9 Å². The Morgan fingerprint density at radius 3 is 1.24 bits per heavy atom. The molecule has 0 aromatic rings. The smallest absolute Gasteiger partial charge is 0.306 e. The number of quaternary nitrogens is 1. The third-order valence-electron chi connectivity index (χ3n) is 13.7. The van der Waals surface area contributed by atoms with Gasteiger partial charge < -0.3 is 28.5 Å². The summed E-state index contributed by atoms with van der Waals surface area (Å²) >= 11 is 0. The molecule has 454 valence electrons. The highest BCUT2D eigenvalue weighted by Gasteiger charge is 2.27. The van der Waals surface area contributed by atoms with Crippen LogP contribution >= 0.6 is 7.82 Å². The molecule has 0 radical (unpaired) electrons. The van der Waals surface area contributed by atoms with Crippen molar-refractivity contribution < 1.29 is 37.3 Å². The van der Waals surface area contributed by atoms with Gasteiger partial charge in [-0.3, -0.25) is 14.2 Å². The Hall–Kier alpha value is -3.33. The molecular formula is C69H121N2O7P. The molecule has 0 spiro atoms. The number of unbranched alkanes of at least 4 members (excludes halogenated alkanes) is 25. The highest BCUT2D eigenvalue weighted by atomic mass is 31.2. The zero-order valence-corrected chi connectivity index (χ0v) is 52.7. The number of hydrogen-bond donors (Lipinski definition) is 1. The molecule has 3 atom stereocenters. The molecule has 0 saturated carbocycles. The van der Waals surface area contributed by atoms with E-state index in [9.17, 15) is 19.0 Å². The fourth-order valence-corrected chi connectivity index (χ4v) is 9.45. The summed E-state index contributed by atoms with van der Waals surface area (Å²) in [6.45, 7) is 6.67. The van der Waals surface area contributed by atoms with Crippen molar-refractivity contribution in [2.24, 2.45) is 0 Å². The van der Waals surface area contributed by atoms with Gasteiger partial charge in [0, 0.05) is 12.8 Å². The number of carbonyl (C=O) groups is 2. The average Bonchev–Trinajstić information content (AvgIpc) is 3.41. The Labute approximate surface area is 487 Å². The molecule has 0 aliphatic carbocycles. The Morgan fingerprint density at radius 2 is 0.810 bits per heavy atom. The number of carbonyl (C=O) groups excluding carboxylic acids is 2. The number of hydrogen-bond acceptors (Lipinski definition) is 7. The van der Waals surface area contributed by atoms with Crippen molar-refractivity contribution in [1.82, 2.24) is 5.32 Å². The van der Waals surface area contributed by atoms with Gasteiger partial charge in [-0.15, -0.1) is 0 Å². The Morgan fingerprint density at radius 1 is 0.456 bits per heavy atom. The number of rotatable bonds is 57. The molecule has 10 heteroatoms. The Bertz CT molecular complexity index is 1720. The minimum absolute atomic E-state index is 0.0324. The van der Waals surface area contributed by atoms with Gasteiger partial charge in [-0.25, -0.2) is 0 Å². The van der Waals surface area contributed by atoms with E-state index < -0.39 is 26.6 Å². The van der Waals surface area contributed by atoms with Crippen LogP contribution in [0, 0.1) is 0 Å². The summed E-state index contributed by atoms with van der Waals surface area (Å²) in [7, 11) is 1.15. The third kappa shape index (κ3) is 59.1. The summed E-state index contributed by atoms with van der Waals surface area (Å²) in [6, 6.07) is -0.907. The highest BCUT2D eigenvalue weighted by molar-refractivity contribution is 7.45. The summed E-state index contributed by atoms with van der Waals surface area (Å²) in [5.74, 6) is -0.573. The first kappa shape index (κ1) is 75.7. The summed E-state index contributed by atoms with van der Waals surface area (Å²) in [4.78, 5) is 40.0. The lowest BCUT2D eigenvalue weighted by atomic mass is 10.1.